The molecule has 0 saturated carbocycles. The van der Waals surface area contributed by atoms with Gasteiger partial charge in [-0.05, 0) is 6.54 Å². The van der Waals surface area contributed by atoms with Crippen molar-refractivity contribution in [2.24, 2.45) is 11.7 Å². The number of hydrogen-bond acceptors (Lipinski definition) is 4. The fourth-order valence-corrected chi connectivity index (χ4v) is 2.03. The van der Waals surface area contributed by atoms with Crippen LogP contribution in [0.4, 0.5) is 0 Å². The molecular weight excluding hydrogens is 226 g/mol. The van der Waals surface area contributed by atoms with Crippen LogP contribution in [0.25, 0.3) is 0 Å². The lowest BCUT2D eigenvalue weighted by atomic mass is 10.1. The van der Waals surface area contributed by atoms with E-state index in [-0.39, 0.29) is 5.92 Å². The van der Waals surface area contributed by atoms with Gasteiger partial charge in [-0.25, -0.2) is 0 Å². The molecule has 1 aromatic heterocycles. The molecule has 0 amide bonds. The summed E-state index contributed by atoms with van der Waals surface area (Å²) >= 11 is 6.66. The zero-order chi connectivity index (χ0) is 11.3. The topological polar surface area (TPSA) is 42.2 Å². The molecule has 2 N–H and O–H groups in total. The van der Waals surface area contributed by atoms with Crippen LogP contribution < -0.4 is 5.73 Å². The van der Waals surface area contributed by atoms with Crippen LogP contribution in [-0.2, 0) is 6.54 Å². The first kappa shape index (κ1) is 12.5. The van der Waals surface area contributed by atoms with Crippen molar-refractivity contribution < 1.29 is 0 Å². The van der Waals surface area contributed by atoms with Crippen LogP contribution in [-0.4, -0.2) is 28.0 Å². The number of thiazole rings is 1. The van der Waals surface area contributed by atoms with E-state index < -0.39 is 0 Å². The molecule has 84 valence electrons. The highest BCUT2D eigenvalue weighted by Gasteiger charge is 2.11. The Balaban J connectivity index is 2.46. The molecule has 1 aromatic rings. The van der Waals surface area contributed by atoms with Crippen LogP contribution in [0.2, 0.25) is 0 Å². The third-order valence-corrected chi connectivity index (χ3v) is 3.49. The molecule has 0 fully saturated rings. The van der Waals surface area contributed by atoms with Crippen molar-refractivity contribution in [3.8, 4) is 0 Å². The van der Waals surface area contributed by atoms with Gasteiger partial charge in [-0.2, -0.15) is 0 Å². The second-order valence-corrected chi connectivity index (χ2v) is 5.04. The molecule has 1 atom stereocenters. The second-order valence-electron chi connectivity index (χ2n) is 3.60. The van der Waals surface area contributed by atoms with Crippen LogP contribution in [0.1, 0.15) is 18.7 Å². The summed E-state index contributed by atoms with van der Waals surface area (Å²) in [4.78, 5) is 8.28. The number of thiocarbonyl (C=S) groups is 1. The standard InChI is InChI=1S/C10H17N3S2/c1-3-13(5-8(2)10(11)14)6-9-4-12-7-15-9/h4,7-8H,3,5-6H2,1-2H3,(H2,11,14). The Morgan fingerprint density at radius 1 is 1.73 bits per heavy atom. The first-order valence-corrected chi connectivity index (χ1v) is 6.31. The summed E-state index contributed by atoms with van der Waals surface area (Å²) in [5, 5.41) is 0. The summed E-state index contributed by atoms with van der Waals surface area (Å²) in [6.07, 6.45) is 1.92. The average molecular weight is 243 g/mol. The SMILES string of the molecule is CCN(Cc1cncs1)CC(C)C(N)=S. The van der Waals surface area contributed by atoms with Gasteiger partial charge in [0.15, 0.2) is 0 Å². The predicted molar refractivity (Wildman–Crippen MR) is 69.0 cm³/mol. The molecule has 0 spiro atoms. The smallest absolute Gasteiger partial charge is 0.0794 e. The highest BCUT2D eigenvalue weighted by atomic mass is 32.1. The van der Waals surface area contributed by atoms with E-state index in [9.17, 15) is 0 Å². The van der Waals surface area contributed by atoms with E-state index in [1.807, 2.05) is 11.7 Å². The quantitative estimate of drug-likeness (QED) is 0.775. The van der Waals surface area contributed by atoms with Crippen LogP contribution in [0, 0.1) is 5.92 Å². The number of nitrogens with zero attached hydrogens (tertiary/aromatic N) is 2. The first-order chi connectivity index (χ1) is 7.13. The van der Waals surface area contributed by atoms with Gasteiger partial charge in [0.25, 0.3) is 0 Å². The van der Waals surface area contributed by atoms with Crippen molar-refractivity contribution in [3.05, 3.63) is 16.6 Å². The van der Waals surface area contributed by atoms with Crippen molar-refractivity contribution in [3.63, 3.8) is 0 Å². The maximum absolute atomic E-state index is 5.61. The first-order valence-electron chi connectivity index (χ1n) is 5.02. The Bertz CT molecular complexity index is 298. The van der Waals surface area contributed by atoms with Crippen molar-refractivity contribution in [2.75, 3.05) is 13.1 Å². The molecule has 1 unspecified atom stereocenters. The Morgan fingerprint density at radius 2 is 2.47 bits per heavy atom. The fraction of sp³-hybridized carbons (Fsp3) is 0.600. The lowest BCUT2D eigenvalue weighted by molar-refractivity contribution is 0.266. The van der Waals surface area contributed by atoms with E-state index in [1.165, 1.54) is 4.88 Å². The van der Waals surface area contributed by atoms with Gasteiger partial charge >= 0.3 is 0 Å². The molecule has 15 heavy (non-hydrogen) atoms. The second kappa shape index (κ2) is 6.15. The summed E-state index contributed by atoms with van der Waals surface area (Å²) in [5.74, 6) is 0.271. The number of rotatable bonds is 6. The van der Waals surface area contributed by atoms with Gasteiger partial charge < -0.3 is 5.73 Å². The molecule has 1 rings (SSSR count). The zero-order valence-corrected chi connectivity index (χ0v) is 10.8. The van der Waals surface area contributed by atoms with E-state index in [2.05, 4.69) is 23.7 Å². The molecule has 5 heteroatoms. The summed E-state index contributed by atoms with van der Waals surface area (Å²) in [6.45, 7) is 7.08. The van der Waals surface area contributed by atoms with E-state index in [1.54, 1.807) is 11.3 Å². The molecular formula is C10H17N3S2. The van der Waals surface area contributed by atoms with Crippen molar-refractivity contribution in [1.29, 1.82) is 0 Å². The third kappa shape index (κ3) is 4.24. The largest absolute Gasteiger partial charge is 0.393 e. The van der Waals surface area contributed by atoms with Gasteiger partial charge in [0, 0.05) is 30.1 Å². The van der Waals surface area contributed by atoms with Crippen LogP contribution in [0.3, 0.4) is 0 Å². The van der Waals surface area contributed by atoms with E-state index >= 15 is 0 Å². The van der Waals surface area contributed by atoms with E-state index in [0.717, 1.165) is 19.6 Å². The van der Waals surface area contributed by atoms with Gasteiger partial charge in [-0.15, -0.1) is 11.3 Å². The van der Waals surface area contributed by atoms with E-state index in [0.29, 0.717) is 4.99 Å². The average Bonchev–Trinajstić information content (AvgIpc) is 2.69. The molecule has 1 heterocycles. The molecule has 0 aliphatic carbocycles. The van der Waals surface area contributed by atoms with Gasteiger partial charge in [-0.3, -0.25) is 9.88 Å². The maximum atomic E-state index is 5.61. The van der Waals surface area contributed by atoms with Crippen LogP contribution in [0.15, 0.2) is 11.7 Å². The summed E-state index contributed by atoms with van der Waals surface area (Å²) in [5.41, 5.74) is 7.47. The normalized spacial score (nSPS) is 13.0. The molecule has 0 aromatic carbocycles. The zero-order valence-electron chi connectivity index (χ0n) is 9.14. The van der Waals surface area contributed by atoms with Gasteiger partial charge in [0.1, 0.15) is 0 Å². The van der Waals surface area contributed by atoms with Gasteiger partial charge in [0.05, 0.1) is 10.5 Å². The predicted octanol–water partition coefficient (Wildman–Crippen LogP) is 1.89. The summed E-state index contributed by atoms with van der Waals surface area (Å²) in [7, 11) is 0. The van der Waals surface area contributed by atoms with Crippen molar-refractivity contribution >= 4 is 28.5 Å². The van der Waals surface area contributed by atoms with Crippen LogP contribution >= 0.6 is 23.6 Å². The third-order valence-electron chi connectivity index (χ3n) is 2.33. The number of hydrogen-bond donors (Lipinski definition) is 1. The summed E-state index contributed by atoms with van der Waals surface area (Å²) < 4.78 is 0. The Kier molecular flexibility index (Phi) is 5.14. The lowest BCUT2D eigenvalue weighted by Gasteiger charge is -2.22. The molecule has 0 saturated heterocycles. The molecule has 0 bridgehead atoms. The molecule has 3 nitrogen and oxygen atoms in total. The molecule has 0 aliphatic heterocycles. The highest BCUT2D eigenvalue weighted by molar-refractivity contribution is 7.80. The minimum atomic E-state index is 0.271. The minimum Gasteiger partial charge on any atom is -0.393 e. The fourth-order valence-electron chi connectivity index (χ4n) is 1.32. The van der Waals surface area contributed by atoms with Crippen molar-refractivity contribution in [1.82, 2.24) is 9.88 Å². The van der Waals surface area contributed by atoms with Gasteiger partial charge in [0.2, 0.25) is 0 Å². The van der Waals surface area contributed by atoms with E-state index in [4.69, 9.17) is 18.0 Å². The highest BCUT2D eigenvalue weighted by Crippen LogP contribution is 2.11. The monoisotopic (exact) mass is 243 g/mol. The molecule has 0 aliphatic rings. The lowest BCUT2D eigenvalue weighted by Crippen LogP contribution is -2.33. The van der Waals surface area contributed by atoms with Crippen molar-refractivity contribution in [2.45, 2.75) is 20.4 Å². The molecule has 0 radical (unpaired) electrons. The number of aromatic nitrogens is 1. The maximum Gasteiger partial charge on any atom is 0.0794 e. The minimum absolute atomic E-state index is 0.271. The van der Waals surface area contributed by atoms with Gasteiger partial charge in [-0.1, -0.05) is 26.1 Å². The Hall–Kier alpha value is -0.520. The Morgan fingerprint density at radius 3 is 2.93 bits per heavy atom. The Labute approximate surface area is 100 Å². The summed E-state index contributed by atoms with van der Waals surface area (Å²) in [6, 6.07) is 0. The number of nitrogens with two attached hydrogens (primary N) is 1. The van der Waals surface area contributed by atoms with Crippen LogP contribution in [0.5, 0.6) is 0 Å².